The average Bonchev–Trinajstić information content (AvgIpc) is 2.72. The molecule has 34 heavy (non-hydrogen) atoms. The topological polar surface area (TPSA) is 129 Å². The van der Waals surface area contributed by atoms with Crippen LogP contribution in [0.3, 0.4) is 0 Å². The van der Waals surface area contributed by atoms with E-state index in [0.29, 0.717) is 11.3 Å². The summed E-state index contributed by atoms with van der Waals surface area (Å²) in [6.45, 7) is 7.50. The predicted molar refractivity (Wildman–Crippen MR) is 133 cm³/mol. The number of anilines is 1. The molecule has 0 bridgehead atoms. The number of hydrogen-bond acceptors (Lipinski definition) is 5. The number of halogens is 2. The molecule has 0 spiro atoms. The molecule has 9 nitrogen and oxygen atoms in total. The molecule has 0 aliphatic carbocycles. The van der Waals surface area contributed by atoms with Gasteiger partial charge in [-0.05, 0) is 43.9 Å². The second-order valence-corrected chi connectivity index (χ2v) is 10.9. The number of benzene rings is 1. The van der Waals surface area contributed by atoms with E-state index >= 15 is 0 Å². The van der Waals surface area contributed by atoms with E-state index in [1.807, 2.05) is 13.8 Å². The van der Waals surface area contributed by atoms with Crippen molar-refractivity contribution >= 4 is 51.0 Å². The fourth-order valence-electron chi connectivity index (χ4n) is 3.15. The van der Waals surface area contributed by atoms with E-state index in [2.05, 4.69) is 15.0 Å². The van der Waals surface area contributed by atoms with Gasteiger partial charge in [-0.2, -0.15) is 17.4 Å². The largest absolute Gasteiger partial charge is 0.480 e. The molecule has 1 heterocycles. The molecule has 2 rings (SSSR count). The Balaban J connectivity index is 2.13. The van der Waals surface area contributed by atoms with Gasteiger partial charge in [0.15, 0.2) is 0 Å². The Kier molecular flexibility index (Phi) is 9.84. The molecule has 1 aromatic heterocycles. The van der Waals surface area contributed by atoms with Crippen LogP contribution in [0.5, 0.6) is 0 Å². The molecule has 2 aromatic rings. The minimum absolute atomic E-state index is 0.0712. The molecular weight excluding hydrogens is 503 g/mol. The van der Waals surface area contributed by atoms with Crippen LogP contribution in [0, 0.1) is 5.92 Å². The van der Waals surface area contributed by atoms with Gasteiger partial charge in [0.2, 0.25) is 0 Å². The third-order valence-electron chi connectivity index (χ3n) is 4.75. The van der Waals surface area contributed by atoms with E-state index in [0.717, 1.165) is 0 Å². The van der Waals surface area contributed by atoms with Crippen LogP contribution in [0.4, 0.5) is 5.69 Å². The summed E-state index contributed by atoms with van der Waals surface area (Å²) >= 11 is 12.0. The number of carbonyl (C=O) groups excluding carboxylic acids is 1. The molecule has 0 saturated carbocycles. The summed E-state index contributed by atoms with van der Waals surface area (Å²) in [6.07, 6.45) is 2.53. The molecule has 0 saturated heterocycles. The van der Waals surface area contributed by atoms with Gasteiger partial charge in [0.25, 0.3) is 16.1 Å². The first-order valence-corrected chi connectivity index (χ1v) is 12.7. The smallest absolute Gasteiger partial charge is 0.322 e. The highest BCUT2D eigenvalue weighted by Gasteiger charge is 2.31. The van der Waals surface area contributed by atoms with Gasteiger partial charge < -0.3 is 10.4 Å². The third kappa shape index (κ3) is 7.64. The second-order valence-electron chi connectivity index (χ2n) is 8.40. The van der Waals surface area contributed by atoms with Crippen LogP contribution >= 0.6 is 23.2 Å². The minimum Gasteiger partial charge on any atom is -0.480 e. The summed E-state index contributed by atoms with van der Waals surface area (Å²) in [6, 6.07) is 4.65. The Morgan fingerprint density at radius 3 is 2.09 bits per heavy atom. The first kappa shape index (κ1) is 28.0. The highest BCUT2D eigenvalue weighted by molar-refractivity contribution is 7.87. The summed E-state index contributed by atoms with van der Waals surface area (Å²) in [5.41, 5.74) is 1.07. The van der Waals surface area contributed by atoms with Crippen LogP contribution in [0.25, 0.3) is 0 Å². The lowest BCUT2D eigenvalue weighted by Gasteiger charge is -2.29. The maximum atomic E-state index is 12.9. The van der Waals surface area contributed by atoms with E-state index in [-0.39, 0.29) is 40.5 Å². The van der Waals surface area contributed by atoms with E-state index in [4.69, 9.17) is 23.2 Å². The minimum atomic E-state index is -4.03. The number of carbonyl (C=O) groups is 2. The average molecular weight is 531 g/mol. The number of nitrogens with zero attached hydrogens (tertiary/aromatic N) is 2. The SMILES string of the molecule is CC(C)CN(C(C)C)S(=O)(=O)NC(Cc1ccc(NC(=O)c2c(Cl)cncc2Cl)cc1)C(=O)O. The lowest BCUT2D eigenvalue weighted by atomic mass is 10.1. The first-order chi connectivity index (χ1) is 15.8. The van der Waals surface area contributed by atoms with E-state index in [1.54, 1.807) is 38.1 Å². The van der Waals surface area contributed by atoms with Crippen LogP contribution in [-0.2, 0) is 21.4 Å². The molecule has 12 heteroatoms. The molecule has 0 radical (unpaired) electrons. The van der Waals surface area contributed by atoms with Crippen molar-refractivity contribution in [3.63, 3.8) is 0 Å². The summed E-state index contributed by atoms with van der Waals surface area (Å²) in [7, 11) is -4.03. The van der Waals surface area contributed by atoms with Crippen LogP contribution < -0.4 is 10.0 Å². The molecule has 1 unspecified atom stereocenters. The molecule has 0 fully saturated rings. The molecule has 186 valence electrons. The standard InChI is InChI=1S/C22H28Cl2N4O5S/c1-13(2)12-28(14(3)4)34(32,33)27-19(22(30)31)9-15-5-7-16(8-6-15)26-21(29)20-17(23)10-25-11-18(20)24/h5-8,10-11,13-14,19,27H,9,12H2,1-4H3,(H,26,29)(H,30,31). The molecule has 0 aliphatic rings. The number of aliphatic carboxylic acids is 1. The lowest BCUT2D eigenvalue weighted by molar-refractivity contribution is -0.138. The van der Waals surface area contributed by atoms with Crippen LogP contribution in [0.15, 0.2) is 36.7 Å². The number of pyridine rings is 1. The number of carboxylic acids is 1. The van der Waals surface area contributed by atoms with Crippen molar-refractivity contribution in [2.75, 3.05) is 11.9 Å². The number of amides is 1. The summed E-state index contributed by atoms with van der Waals surface area (Å²) in [5.74, 6) is -1.75. The molecule has 1 aromatic carbocycles. The lowest BCUT2D eigenvalue weighted by Crippen LogP contribution is -2.52. The van der Waals surface area contributed by atoms with Crippen LogP contribution in [0.2, 0.25) is 10.0 Å². The molecular formula is C22H28Cl2N4O5S. The number of hydrogen-bond donors (Lipinski definition) is 3. The summed E-state index contributed by atoms with van der Waals surface area (Å²) in [4.78, 5) is 28.1. The number of carboxylic acid groups (broad SMARTS) is 1. The van der Waals surface area contributed by atoms with Crippen molar-refractivity contribution < 1.29 is 23.1 Å². The van der Waals surface area contributed by atoms with Crippen LogP contribution in [-0.4, -0.2) is 53.3 Å². The van der Waals surface area contributed by atoms with Gasteiger partial charge >= 0.3 is 5.97 Å². The second kappa shape index (κ2) is 11.9. The quantitative estimate of drug-likeness (QED) is 0.404. The monoisotopic (exact) mass is 530 g/mol. The van der Waals surface area contributed by atoms with Crippen molar-refractivity contribution in [3.05, 3.63) is 57.8 Å². The van der Waals surface area contributed by atoms with Gasteiger partial charge in [-0.15, -0.1) is 0 Å². The Morgan fingerprint density at radius 2 is 1.62 bits per heavy atom. The van der Waals surface area contributed by atoms with Crippen LogP contribution in [0.1, 0.15) is 43.6 Å². The van der Waals surface area contributed by atoms with Crippen molar-refractivity contribution in [2.24, 2.45) is 5.92 Å². The molecule has 0 aliphatic heterocycles. The summed E-state index contributed by atoms with van der Waals surface area (Å²) < 4.78 is 29.3. The zero-order valence-electron chi connectivity index (χ0n) is 19.2. The Hall–Kier alpha value is -2.24. The zero-order chi connectivity index (χ0) is 25.6. The Bertz CT molecular complexity index is 1100. The van der Waals surface area contributed by atoms with Gasteiger partial charge in [-0.1, -0.05) is 49.2 Å². The fourth-order valence-corrected chi connectivity index (χ4v) is 5.42. The highest BCUT2D eigenvalue weighted by atomic mass is 35.5. The molecule has 1 amide bonds. The summed E-state index contributed by atoms with van der Waals surface area (Å²) in [5, 5.41) is 12.5. The van der Waals surface area contributed by atoms with E-state index in [1.165, 1.54) is 16.7 Å². The van der Waals surface area contributed by atoms with Gasteiger partial charge in [0.1, 0.15) is 6.04 Å². The number of nitrogens with one attached hydrogen (secondary N) is 2. The maximum Gasteiger partial charge on any atom is 0.322 e. The van der Waals surface area contributed by atoms with Crippen molar-refractivity contribution in [2.45, 2.75) is 46.2 Å². The van der Waals surface area contributed by atoms with Gasteiger partial charge in [-0.3, -0.25) is 14.6 Å². The van der Waals surface area contributed by atoms with Crippen molar-refractivity contribution in [1.29, 1.82) is 0 Å². The molecule has 3 N–H and O–H groups in total. The van der Waals surface area contributed by atoms with Gasteiger partial charge in [-0.25, -0.2) is 0 Å². The number of rotatable bonds is 11. The van der Waals surface area contributed by atoms with E-state index in [9.17, 15) is 23.1 Å². The third-order valence-corrected chi connectivity index (χ3v) is 7.09. The Labute approximate surface area is 209 Å². The number of aromatic nitrogens is 1. The molecule has 1 atom stereocenters. The normalized spacial score (nSPS) is 12.9. The van der Waals surface area contributed by atoms with Crippen molar-refractivity contribution in [3.8, 4) is 0 Å². The predicted octanol–water partition coefficient (Wildman–Crippen LogP) is 3.84. The fraction of sp³-hybridized carbons (Fsp3) is 0.409. The maximum absolute atomic E-state index is 12.9. The highest BCUT2D eigenvalue weighted by Crippen LogP contribution is 2.24. The zero-order valence-corrected chi connectivity index (χ0v) is 21.6. The van der Waals surface area contributed by atoms with Gasteiger partial charge in [0, 0.05) is 30.7 Å². The Morgan fingerprint density at radius 1 is 1.06 bits per heavy atom. The van der Waals surface area contributed by atoms with Gasteiger partial charge in [0.05, 0.1) is 15.6 Å². The van der Waals surface area contributed by atoms with E-state index < -0.39 is 28.1 Å². The first-order valence-electron chi connectivity index (χ1n) is 10.5. The van der Waals surface area contributed by atoms with Crippen molar-refractivity contribution in [1.82, 2.24) is 14.0 Å².